The number of hydrogen-bond acceptors (Lipinski definition) is 4. The highest BCUT2D eigenvalue weighted by Gasteiger charge is 2.07. The van der Waals surface area contributed by atoms with Gasteiger partial charge < -0.3 is 15.3 Å². The van der Waals surface area contributed by atoms with E-state index in [1.165, 1.54) is 12.3 Å². The van der Waals surface area contributed by atoms with Crippen LogP contribution in [0.4, 0.5) is 15.8 Å². The van der Waals surface area contributed by atoms with E-state index in [9.17, 15) is 4.39 Å². The zero-order valence-corrected chi connectivity index (χ0v) is 12.3. The minimum absolute atomic E-state index is 0.0331. The van der Waals surface area contributed by atoms with Gasteiger partial charge >= 0.3 is 0 Å². The molecule has 2 aromatic rings. The van der Waals surface area contributed by atoms with Crippen molar-refractivity contribution < 1.29 is 9.50 Å². The molecule has 0 saturated heterocycles. The summed E-state index contributed by atoms with van der Waals surface area (Å²) in [6, 6.07) is 9.34. The van der Waals surface area contributed by atoms with E-state index in [0.29, 0.717) is 6.54 Å². The van der Waals surface area contributed by atoms with Crippen LogP contribution in [-0.4, -0.2) is 30.3 Å². The zero-order valence-electron chi connectivity index (χ0n) is 12.3. The average molecular weight is 289 g/mol. The van der Waals surface area contributed by atoms with Crippen LogP contribution in [0.25, 0.3) is 0 Å². The first-order chi connectivity index (χ1) is 10.1. The predicted octanol–water partition coefficient (Wildman–Crippen LogP) is 2.82. The summed E-state index contributed by atoms with van der Waals surface area (Å²) in [4.78, 5) is 5.84. The van der Waals surface area contributed by atoms with Gasteiger partial charge in [0.05, 0.1) is 18.8 Å². The van der Waals surface area contributed by atoms with E-state index in [4.69, 9.17) is 5.11 Å². The molecule has 0 bridgehead atoms. The SMILES string of the molecule is CC(Nc1ccc(N(C)CCO)cc1)c1cncc(F)c1. The van der Waals surface area contributed by atoms with Crippen molar-refractivity contribution >= 4 is 11.4 Å². The van der Waals surface area contributed by atoms with Crippen molar-refractivity contribution in [1.82, 2.24) is 4.98 Å². The third-order valence-corrected chi connectivity index (χ3v) is 3.35. The van der Waals surface area contributed by atoms with Crippen LogP contribution in [0.15, 0.2) is 42.7 Å². The van der Waals surface area contributed by atoms with Crippen molar-refractivity contribution in [3.05, 3.63) is 54.1 Å². The van der Waals surface area contributed by atoms with Crippen molar-refractivity contribution in [2.45, 2.75) is 13.0 Å². The molecule has 21 heavy (non-hydrogen) atoms. The van der Waals surface area contributed by atoms with Crippen LogP contribution in [0.2, 0.25) is 0 Å². The Kier molecular flexibility index (Phi) is 5.11. The summed E-state index contributed by atoms with van der Waals surface area (Å²) >= 11 is 0. The second-order valence-electron chi connectivity index (χ2n) is 4.99. The molecule has 0 amide bonds. The van der Waals surface area contributed by atoms with Gasteiger partial charge in [0.2, 0.25) is 0 Å². The fourth-order valence-electron chi connectivity index (χ4n) is 2.09. The Labute approximate surface area is 124 Å². The molecule has 1 aromatic heterocycles. The van der Waals surface area contributed by atoms with Gasteiger partial charge in [-0.15, -0.1) is 0 Å². The molecule has 0 saturated carbocycles. The second-order valence-corrected chi connectivity index (χ2v) is 4.99. The van der Waals surface area contributed by atoms with Gasteiger partial charge in [0.1, 0.15) is 5.82 Å². The molecule has 4 nitrogen and oxygen atoms in total. The van der Waals surface area contributed by atoms with E-state index in [1.807, 2.05) is 43.1 Å². The molecule has 1 unspecified atom stereocenters. The van der Waals surface area contributed by atoms with Gasteiger partial charge in [0, 0.05) is 31.2 Å². The van der Waals surface area contributed by atoms with E-state index in [1.54, 1.807) is 6.20 Å². The van der Waals surface area contributed by atoms with Crippen LogP contribution in [0.5, 0.6) is 0 Å². The lowest BCUT2D eigenvalue weighted by Gasteiger charge is -2.19. The molecule has 1 atom stereocenters. The van der Waals surface area contributed by atoms with Crippen molar-refractivity contribution in [3.8, 4) is 0 Å². The number of nitrogens with zero attached hydrogens (tertiary/aromatic N) is 2. The van der Waals surface area contributed by atoms with Gasteiger partial charge in [-0.25, -0.2) is 4.39 Å². The number of aliphatic hydroxyl groups excluding tert-OH is 1. The molecular formula is C16H20FN3O. The first-order valence-electron chi connectivity index (χ1n) is 6.89. The third kappa shape index (κ3) is 4.16. The van der Waals surface area contributed by atoms with E-state index in [-0.39, 0.29) is 18.5 Å². The maximum atomic E-state index is 13.2. The monoisotopic (exact) mass is 289 g/mol. The number of aromatic nitrogens is 1. The summed E-state index contributed by atoms with van der Waals surface area (Å²) in [6.45, 7) is 2.68. The van der Waals surface area contributed by atoms with Crippen LogP contribution in [0.1, 0.15) is 18.5 Å². The number of aliphatic hydroxyl groups is 1. The normalized spacial score (nSPS) is 12.0. The van der Waals surface area contributed by atoms with Crippen LogP contribution in [-0.2, 0) is 0 Å². The molecule has 0 aliphatic rings. The van der Waals surface area contributed by atoms with Crippen LogP contribution >= 0.6 is 0 Å². The molecule has 2 rings (SSSR count). The standard InChI is InChI=1S/C16H20FN3O/c1-12(13-9-14(17)11-18-10-13)19-15-3-5-16(6-4-15)20(2)7-8-21/h3-6,9-12,19,21H,7-8H2,1-2H3. The number of hydrogen-bond donors (Lipinski definition) is 2. The summed E-state index contributed by atoms with van der Waals surface area (Å²) in [5.74, 6) is -0.331. The summed E-state index contributed by atoms with van der Waals surface area (Å²) < 4.78 is 13.2. The Hall–Kier alpha value is -2.14. The largest absolute Gasteiger partial charge is 0.395 e. The molecule has 0 radical (unpaired) electrons. The number of likely N-dealkylation sites (N-methyl/N-ethyl adjacent to an activating group) is 1. The lowest BCUT2D eigenvalue weighted by molar-refractivity contribution is 0.304. The second kappa shape index (κ2) is 7.04. The highest BCUT2D eigenvalue weighted by atomic mass is 19.1. The van der Waals surface area contributed by atoms with E-state index >= 15 is 0 Å². The first kappa shape index (κ1) is 15.3. The van der Waals surface area contributed by atoms with Crippen LogP contribution in [0, 0.1) is 5.82 Å². The third-order valence-electron chi connectivity index (χ3n) is 3.35. The number of anilines is 2. The van der Waals surface area contributed by atoms with Crippen molar-refractivity contribution in [3.63, 3.8) is 0 Å². The van der Waals surface area contributed by atoms with Gasteiger partial charge in [0.15, 0.2) is 0 Å². The first-order valence-corrected chi connectivity index (χ1v) is 6.89. The molecule has 0 fully saturated rings. The van der Waals surface area contributed by atoms with Crippen molar-refractivity contribution in [1.29, 1.82) is 0 Å². The minimum Gasteiger partial charge on any atom is -0.395 e. The number of rotatable bonds is 6. The summed E-state index contributed by atoms with van der Waals surface area (Å²) in [5.41, 5.74) is 2.79. The van der Waals surface area contributed by atoms with E-state index in [2.05, 4.69) is 10.3 Å². The van der Waals surface area contributed by atoms with Gasteiger partial charge in [-0.2, -0.15) is 0 Å². The Morgan fingerprint density at radius 1 is 1.29 bits per heavy atom. The highest BCUT2D eigenvalue weighted by molar-refractivity contribution is 5.55. The molecule has 0 aliphatic carbocycles. The quantitative estimate of drug-likeness (QED) is 0.858. The lowest BCUT2D eigenvalue weighted by atomic mass is 10.1. The zero-order chi connectivity index (χ0) is 15.2. The Balaban J connectivity index is 2.03. The number of halogens is 1. The molecule has 0 spiro atoms. The summed E-state index contributed by atoms with van der Waals surface area (Å²) in [6.07, 6.45) is 2.85. The molecule has 0 aliphatic heterocycles. The van der Waals surface area contributed by atoms with Crippen LogP contribution in [0.3, 0.4) is 0 Å². The van der Waals surface area contributed by atoms with Gasteiger partial charge in [0.25, 0.3) is 0 Å². The number of pyridine rings is 1. The van der Waals surface area contributed by atoms with Crippen molar-refractivity contribution in [2.24, 2.45) is 0 Å². The maximum Gasteiger partial charge on any atom is 0.141 e. The minimum atomic E-state index is -0.331. The molecule has 112 valence electrons. The topological polar surface area (TPSA) is 48.4 Å². The molecule has 1 aromatic carbocycles. The Bertz CT molecular complexity index is 574. The average Bonchev–Trinajstić information content (AvgIpc) is 2.48. The fourth-order valence-corrected chi connectivity index (χ4v) is 2.09. The maximum absolute atomic E-state index is 13.2. The Morgan fingerprint density at radius 3 is 2.62 bits per heavy atom. The number of nitrogens with one attached hydrogen (secondary N) is 1. The fraction of sp³-hybridized carbons (Fsp3) is 0.312. The van der Waals surface area contributed by atoms with E-state index < -0.39 is 0 Å². The van der Waals surface area contributed by atoms with Crippen LogP contribution < -0.4 is 10.2 Å². The van der Waals surface area contributed by atoms with Gasteiger partial charge in [-0.05, 0) is 42.8 Å². The van der Waals surface area contributed by atoms with Gasteiger partial charge in [-0.1, -0.05) is 0 Å². The molecule has 2 N–H and O–H groups in total. The Morgan fingerprint density at radius 2 is 2.00 bits per heavy atom. The van der Waals surface area contributed by atoms with Crippen molar-refractivity contribution in [2.75, 3.05) is 30.4 Å². The lowest BCUT2D eigenvalue weighted by Crippen LogP contribution is -2.20. The molecule has 1 heterocycles. The molecule has 5 heteroatoms. The summed E-state index contributed by atoms with van der Waals surface area (Å²) in [5, 5.41) is 12.2. The smallest absolute Gasteiger partial charge is 0.141 e. The van der Waals surface area contributed by atoms with E-state index in [0.717, 1.165) is 16.9 Å². The highest BCUT2D eigenvalue weighted by Crippen LogP contribution is 2.21. The summed E-state index contributed by atoms with van der Waals surface area (Å²) in [7, 11) is 1.93. The number of benzene rings is 1. The predicted molar refractivity (Wildman–Crippen MR) is 83.0 cm³/mol. The van der Waals surface area contributed by atoms with Gasteiger partial charge in [-0.3, -0.25) is 4.98 Å². The molecular weight excluding hydrogens is 269 g/mol.